The Hall–Kier alpha value is -1.94. The van der Waals surface area contributed by atoms with Crippen LogP contribution in [-0.4, -0.2) is 10.1 Å². The summed E-state index contributed by atoms with van der Waals surface area (Å²) in [5.74, 6) is 0.780. The summed E-state index contributed by atoms with van der Waals surface area (Å²) in [6.45, 7) is 2.02. The minimum absolute atomic E-state index is 0.292. The molecule has 0 amide bonds. The number of rotatable bonds is 2. The second kappa shape index (κ2) is 6.22. The van der Waals surface area contributed by atoms with Gasteiger partial charge in [0, 0.05) is 6.20 Å². The quantitative estimate of drug-likeness (QED) is 0.828. The zero-order chi connectivity index (χ0) is 14.7. The number of benzene rings is 1. The van der Waals surface area contributed by atoms with Gasteiger partial charge in [0.25, 0.3) is 0 Å². The summed E-state index contributed by atoms with van der Waals surface area (Å²) >= 11 is 5.42. The van der Waals surface area contributed by atoms with Crippen molar-refractivity contribution in [3.05, 3.63) is 59.3 Å². The van der Waals surface area contributed by atoms with Gasteiger partial charge in [-0.1, -0.05) is 30.3 Å². The van der Waals surface area contributed by atoms with E-state index in [1.807, 2.05) is 25.3 Å². The fraction of sp³-hybridized carbons (Fsp3) is 0.294. The molecule has 0 bridgehead atoms. The van der Waals surface area contributed by atoms with Crippen molar-refractivity contribution in [1.82, 2.24) is 10.3 Å². The molecule has 1 aliphatic rings. The predicted octanol–water partition coefficient (Wildman–Crippen LogP) is 3.75. The van der Waals surface area contributed by atoms with Gasteiger partial charge in [-0.25, -0.2) is 4.98 Å². The summed E-state index contributed by atoms with van der Waals surface area (Å²) in [6.07, 6.45) is 5.30. The van der Waals surface area contributed by atoms with Gasteiger partial charge in [-0.15, -0.1) is 0 Å². The zero-order valence-corrected chi connectivity index (χ0v) is 12.9. The number of hydrogen-bond donors (Lipinski definition) is 2. The van der Waals surface area contributed by atoms with Gasteiger partial charge in [0.2, 0.25) is 0 Å². The Balaban J connectivity index is 1.67. The molecule has 0 fully saturated rings. The van der Waals surface area contributed by atoms with Crippen molar-refractivity contribution in [1.29, 1.82) is 0 Å². The van der Waals surface area contributed by atoms with Gasteiger partial charge in [0.15, 0.2) is 5.11 Å². The molecule has 1 aromatic heterocycles. The van der Waals surface area contributed by atoms with Gasteiger partial charge >= 0.3 is 0 Å². The summed E-state index contributed by atoms with van der Waals surface area (Å²) in [6, 6.07) is 12.9. The number of nitrogens with zero attached hydrogens (tertiary/aromatic N) is 1. The van der Waals surface area contributed by atoms with E-state index in [-0.39, 0.29) is 0 Å². The summed E-state index contributed by atoms with van der Waals surface area (Å²) in [5.41, 5.74) is 3.93. The number of pyridine rings is 1. The number of thiocarbonyl (C=S) groups is 1. The lowest BCUT2D eigenvalue weighted by Gasteiger charge is -2.27. The number of aromatic nitrogens is 1. The van der Waals surface area contributed by atoms with Crippen LogP contribution in [0.5, 0.6) is 0 Å². The third kappa shape index (κ3) is 3.39. The summed E-state index contributed by atoms with van der Waals surface area (Å²) < 4.78 is 0. The van der Waals surface area contributed by atoms with E-state index in [1.165, 1.54) is 17.5 Å². The third-order valence-electron chi connectivity index (χ3n) is 3.83. The first-order chi connectivity index (χ1) is 10.2. The molecule has 0 spiro atoms. The Morgan fingerprint density at radius 1 is 1.24 bits per heavy atom. The average Bonchev–Trinajstić information content (AvgIpc) is 2.50. The predicted molar refractivity (Wildman–Crippen MR) is 90.5 cm³/mol. The summed E-state index contributed by atoms with van der Waals surface area (Å²) in [4.78, 5) is 4.32. The Bertz CT molecular complexity index is 637. The van der Waals surface area contributed by atoms with Crippen molar-refractivity contribution in [2.45, 2.75) is 32.2 Å². The van der Waals surface area contributed by atoms with Crippen molar-refractivity contribution >= 4 is 23.1 Å². The van der Waals surface area contributed by atoms with E-state index >= 15 is 0 Å². The number of fused-ring (bicyclic) bond motifs is 1. The molecule has 2 aromatic rings. The van der Waals surface area contributed by atoms with Gasteiger partial charge in [0.1, 0.15) is 5.82 Å². The molecule has 1 atom stereocenters. The maximum atomic E-state index is 5.42. The van der Waals surface area contributed by atoms with Crippen molar-refractivity contribution < 1.29 is 0 Å². The van der Waals surface area contributed by atoms with E-state index in [4.69, 9.17) is 12.2 Å². The van der Waals surface area contributed by atoms with Crippen LogP contribution in [0.1, 0.15) is 35.6 Å². The van der Waals surface area contributed by atoms with Crippen LogP contribution in [0.25, 0.3) is 0 Å². The lowest BCUT2D eigenvalue weighted by Crippen LogP contribution is -2.34. The first-order valence-corrected chi connectivity index (χ1v) is 7.71. The minimum Gasteiger partial charge on any atom is -0.356 e. The SMILES string of the molecule is Cc1ccc(NC(=S)NC2CCCc3ccccc32)nc1. The molecule has 0 saturated carbocycles. The molecule has 0 saturated heterocycles. The highest BCUT2D eigenvalue weighted by Crippen LogP contribution is 2.29. The number of anilines is 1. The van der Waals surface area contributed by atoms with Crippen LogP contribution < -0.4 is 10.6 Å². The van der Waals surface area contributed by atoms with E-state index in [1.54, 1.807) is 0 Å². The third-order valence-corrected chi connectivity index (χ3v) is 4.05. The molecular weight excluding hydrogens is 278 g/mol. The van der Waals surface area contributed by atoms with E-state index in [9.17, 15) is 0 Å². The Labute approximate surface area is 130 Å². The van der Waals surface area contributed by atoms with E-state index in [0.29, 0.717) is 11.2 Å². The molecule has 108 valence electrons. The van der Waals surface area contributed by atoms with E-state index in [2.05, 4.69) is 39.9 Å². The molecule has 0 radical (unpaired) electrons. The minimum atomic E-state index is 0.292. The Morgan fingerprint density at radius 3 is 2.90 bits per heavy atom. The van der Waals surface area contributed by atoms with Crippen LogP contribution in [-0.2, 0) is 6.42 Å². The molecule has 1 heterocycles. The Kier molecular flexibility index (Phi) is 4.15. The van der Waals surface area contributed by atoms with Crippen molar-refractivity contribution in [2.24, 2.45) is 0 Å². The van der Waals surface area contributed by atoms with E-state index < -0.39 is 0 Å². The van der Waals surface area contributed by atoms with E-state index in [0.717, 1.165) is 24.2 Å². The lowest BCUT2D eigenvalue weighted by atomic mass is 9.88. The number of hydrogen-bond acceptors (Lipinski definition) is 2. The largest absolute Gasteiger partial charge is 0.356 e. The highest BCUT2D eigenvalue weighted by Gasteiger charge is 2.20. The normalized spacial score (nSPS) is 16.9. The molecule has 1 aromatic carbocycles. The molecule has 1 aliphatic carbocycles. The highest BCUT2D eigenvalue weighted by atomic mass is 32.1. The average molecular weight is 297 g/mol. The zero-order valence-electron chi connectivity index (χ0n) is 12.1. The molecular formula is C17H19N3S. The second-order valence-corrected chi connectivity index (χ2v) is 5.87. The van der Waals surface area contributed by atoms with Gasteiger partial charge in [0.05, 0.1) is 6.04 Å². The van der Waals surface area contributed by atoms with Crippen molar-refractivity contribution in [2.75, 3.05) is 5.32 Å². The fourth-order valence-corrected chi connectivity index (χ4v) is 3.00. The second-order valence-electron chi connectivity index (χ2n) is 5.46. The molecule has 3 nitrogen and oxygen atoms in total. The topological polar surface area (TPSA) is 37.0 Å². The molecule has 0 aliphatic heterocycles. The number of aryl methyl sites for hydroxylation is 2. The van der Waals surface area contributed by atoms with Crippen LogP contribution in [0.2, 0.25) is 0 Å². The number of nitrogens with one attached hydrogen (secondary N) is 2. The van der Waals surface area contributed by atoms with Crippen LogP contribution in [0.15, 0.2) is 42.6 Å². The van der Waals surface area contributed by atoms with Crippen LogP contribution in [0.4, 0.5) is 5.82 Å². The first kappa shape index (κ1) is 14.0. The molecule has 1 unspecified atom stereocenters. The van der Waals surface area contributed by atoms with Gasteiger partial charge in [-0.05, 0) is 61.2 Å². The van der Waals surface area contributed by atoms with Crippen LogP contribution >= 0.6 is 12.2 Å². The molecule has 4 heteroatoms. The van der Waals surface area contributed by atoms with Crippen LogP contribution in [0.3, 0.4) is 0 Å². The van der Waals surface area contributed by atoms with Gasteiger partial charge in [-0.3, -0.25) is 0 Å². The standard InChI is InChI=1S/C17H19N3S/c1-12-9-10-16(18-11-12)20-17(21)19-15-8-4-6-13-5-2-3-7-14(13)15/h2-3,5,7,9-11,15H,4,6,8H2,1H3,(H2,18,19,20,21). The molecule has 3 rings (SSSR count). The van der Waals surface area contributed by atoms with Crippen molar-refractivity contribution in [3.63, 3.8) is 0 Å². The van der Waals surface area contributed by atoms with Crippen LogP contribution in [0, 0.1) is 6.92 Å². The maximum Gasteiger partial charge on any atom is 0.172 e. The Morgan fingerprint density at radius 2 is 2.10 bits per heavy atom. The molecule has 21 heavy (non-hydrogen) atoms. The highest BCUT2D eigenvalue weighted by molar-refractivity contribution is 7.80. The maximum absolute atomic E-state index is 5.42. The summed E-state index contributed by atoms with van der Waals surface area (Å²) in [7, 11) is 0. The van der Waals surface area contributed by atoms with Crippen molar-refractivity contribution in [3.8, 4) is 0 Å². The fourth-order valence-electron chi connectivity index (χ4n) is 2.76. The molecule has 2 N–H and O–H groups in total. The summed E-state index contributed by atoms with van der Waals surface area (Å²) in [5, 5.41) is 7.21. The smallest absolute Gasteiger partial charge is 0.172 e. The van der Waals surface area contributed by atoms with Gasteiger partial charge in [-0.2, -0.15) is 0 Å². The lowest BCUT2D eigenvalue weighted by molar-refractivity contribution is 0.529. The monoisotopic (exact) mass is 297 g/mol. The first-order valence-electron chi connectivity index (χ1n) is 7.30. The van der Waals surface area contributed by atoms with Gasteiger partial charge < -0.3 is 10.6 Å².